The number of anilines is 4. The summed E-state index contributed by atoms with van der Waals surface area (Å²) in [5.41, 5.74) is 0.563. The number of alkyl halides is 3. The molecular formula is C20H26F3N5O2. The number of aliphatic hydroxyl groups excluding tert-OH is 1. The molecule has 1 fully saturated rings. The van der Waals surface area contributed by atoms with Crippen molar-refractivity contribution in [1.82, 2.24) is 9.97 Å². The Hall–Kier alpha value is -2.59. The summed E-state index contributed by atoms with van der Waals surface area (Å²) in [6.45, 7) is 6.37. The van der Waals surface area contributed by atoms with Gasteiger partial charge >= 0.3 is 6.18 Å². The van der Waals surface area contributed by atoms with Gasteiger partial charge in [-0.2, -0.15) is 18.2 Å². The summed E-state index contributed by atoms with van der Waals surface area (Å²) in [6, 6.07) is 7.78. The summed E-state index contributed by atoms with van der Waals surface area (Å²) in [7, 11) is 0. The van der Waals surface area contributed by atoms with Crippen LogP contribution in [-0.4, -0.2) is 54.0 Å². The van der Waals surface area contributed by atoms with Crippen LogP contribution in [0.25, 0.3) is 0 Å². The Kier molecular flexibility index (Phi) is 6.99. The normalized spacial score (nSPS) is 15.9. The van der Waals surface area contributed by atoms with Gasteiger partial charge in [-0.3, -0.25) is 0 Å². The molecule has 0 amide bonds. The van der Waals surface area contributed by atoms with Gasteiger partial charge in [0.15, 0.2) is 5.69 Å². The van der Waals surface area contributed by atoms with E-state index in [1.165, 1.54) is 0 Å². The molecule has 3 rings (SSSR count). The molecule has 0 saturated carbocycles. The maximum absolute atomic E-state index is 13.3. The minimum Gasteiger partial charge on any atom is -0.394 e. The van der Waals surface area contributed by atoms with E-state index in [1.54, 1.807) is 12.1 Å². The molecule has 1 aromatic heterocycles. The molecule has 1 aliphatic heterocycles. The van der Waals surface area contributed by atoms with Crippen LogP contribution in [0.1, 0.15) is 19.5 Å². The molecule has 1 atom stereocenters. The van der Waals surface area contributed by atoms with Gasteiger partial charge in [0.2, 0.25) is 5.95 Å². The highest BCUT2D eigenvalue weighted by Crippen LogP contribution is 2.31. The second-order valence-electron chi connectivity index (χ2n) is 7.41. The Morgan fingerprint density at radius 2 is 1.80 bits per heavy atom. The molecular weight excluding hydrogens is 399 g/mol. The maximum Gasteiger partial charge on any atom is 0.433 e. The summed E-state index contributed by atoms with van der Waals surface area (Å²) in [5.74, 6) is -0.193. The van der Waals surface area contributed by atoms with Crippen molar-refractivity contribution >= 4 is 23.1 Å². The Balaban J connectivity index is 1.80. The molecule has 3 N–H and O–H groups in total. The Morgan fingerprint density at radius 1 is 1.13 bits per heavy atom. The molecule has 2 heterocycles. The number of aliphatic hydroxyl groups is 1. The smallest absolute Gasteiger partial charge is 0.394 e. The lowest BCUT2D eigenvalue weighted by Gasteiger charge is -2.28. The summed E-state index contributed by atoms with van der Waals surface area (Å²) in [5, 5.41) is 15.2. The Bertz CT molecular complexity index is 824. The van der Waals surface area contributed by atoms with Crippen LogP contribution in [0.5, 0.6) is 0 Å². The zero-order valence-corrected chi connectivity index (χ0v) is 16.9. The first-order valence-electron chi connectivity index (χ1n) is 9.79. The monoisotopic (exact) mass is 425 g/mol. The lowest BCUT2D eigenvalue weighted by molar-refractivity contribution is -0.141. The average Bonchev–Trinajstić information content (AvgIpc) is 2.72. The second kappa shape index (κ2) is 9.48. The van der Waals surface area contributed by atoms with Crippen LogP contribution in [0.2, 0.25) is 0 Å². The van der Waals surface area contributed by atoms with Crippen LogP contribution in [0.4, 0.5) is 36.3 Å². The minimum absolute atomic E-state index is 0.0133. The summed E-state index contributed by atoms with van der Waals surface area (Å²) in [4.78, 5) is 9.91. The number of aromatic nitrogens is 2. The van der Waals surface area contributed by atoms with Crippen molar-refractivity contribution in [2.24, 2.45) is 5.92 Å². The van der Waals surface area contributed by atoms with Crippen LogP contribution >= 0.6 is 0 Å². The number of halogens is 3. The molecule has 0 unspecified atom stereocenters. The van der Waals surface area contributed by atoms with Crippen molar-refractivity contribution in [3.63, 3.8) is 0 Å². The van der Waals surface area contributed by atoms with Crippen LogP contribution in [0.15, 0.2) is 30.3 Å². The molecule has 1 aliphatic rings. The third kappa shape index (κ3) is 5.73. The summed E-state index contributed by atoms with van der Waals surface area (Å²) in [6.07, 6.45) is -4.62. The quantitative estimate of drug-likeness (QED) is 0.626. The molecule has 1 saturated heterocycles. The number of benzene rings is 1. The fourth-order valence-corrected chi connectivity index (χ4v) is 3.04. The topological polar surface area (TPSA) is 82.5 Å². The zero-order valence-electron chi connectivity index (χ0n) is 16.9. The number of morpholine rings is 1. The molecule has 0 aliphatic carbocycles. The number of rotatable bonds is 7. The average molecular weight is 425 g/mol. The molecule has 164 valence electrons. The van der Waals surface area contributed by atoms with Gasteiger partial charge in [0.1, 0.15) is 5.82 Å². The van der Waals surface area contributed by atoms with Gasteiger partial charge in [-0.1, -0.05) is 13.8 Å². The van der Waals surface area contributed by atoms with E-state index in [-0.39, 0.29) is 24.3 Å². The van der Waals surface area contributed by atoms with Gasteiger partial charge in [-0.15, -0.1) is 0 Å². The van der Waals surface area contributed by atoms with E-state index in [9.17, 15) is 18.3 Å². The van der Waals surface area contributed by atoms with Crippen molar-refractivity contribution in [3.8, 4) is 0 Å². The number of ether oxygens (including phenoxy) is 1. The first-order chi connectivity index (χ1) is 14.3. The van der Waals surface area contributed by atoms with Crippen molar-refractivity contribution < 1.29 is 23.0 Å². The van der Waals surface area contributed by atoms with E-state index in [4.69, 9.17) is 4.74 Å². The first-order valence-corrected chi connectivity index (χ1v) is 9.79. The Labute approximate surface area is 173 Å². The molecule has 0 bridgehead atoms. The highest BCUT2D eigenvalue weighted by Gasteiger charge is 2.34. The van der Waals surface area contributed by atoms with Crippen molar-refractivity contribution in [3.05, 3.63) is 36.0 Å². The Morgan fingerprint density at radius 3 is 2.37 bits per heavy atom. The van der Waals surface area contributed by atoms with E-state index < -0.39 is 17.9 Å². The largest absolute Gasteiger partial charge is 0.433 e. The van der Waals surface area contributed by atoms with Crippen LogP contribution < -0.4 is 15.5 Å². The van der Waals surface area contributed by atoms with E-state index in [0.29, 0.717) is 18.9 Å². The standard InChI is InChI=1S/C20H26F3N5O2/c1-13(2)16(12-29)25-19-26-17(20(21,22)23)11-18(27-19)24-14-3-5-15(6-4-14)28-7-9-30-10-8-28/h3-6,11,13,16,29H,7-10,12H2,1-2H3,(H2,24,25,26,27)/t16-/m0/s1. The third-order valence-electron chi connectivity index (χ3n) is 4.85. The van der Waals surface area contributed by atoms with Gasteiger partial charge in [0.25, 0.3) is 0 Å². The zero-order chi connectivity index (χ0) is 21.7. The molecule has 7 nitrogen and oxygen atoms in total. The maximum atomic E-state index is 13.3. The second-order valence-corrected chi connectivity index (χ2v) is 7.41. The van der Waals surface area contributed by atoms with E-state index in [1.807, 2.05) is 26.0 Å². The predicted molar refractivity (Wildman–Crippen MR) is 109 cm³/mol. The predicted octanol–water partition coefficient (Wildman–Crippen LogP) is 3.50. The summed E-state index contributed by atoms with van der Waals surface area (Å²) >= 11 is 0. The first kappa shape index (κ1) is 22.1. The molecule has 1 aromatic carbocycles. The number of nitrogens with zero attached hydrogens (tertiary/aromatic N) is 3. The third-order valence-corrected chi connectivity index (χ3v) is 4.85. The highest BCUT2D eigenvalue weighted by atomic mass is 19.4. The summed E-state index contributed by atoms with van der Waals surface area (Å²) < 4.78 is 45.3. The SMILES string of the molecule is CC(C)[C@H](CO)Nc1nc(Nc2ccc(N3CCOCC3)cc2)cc(C(F)(F)F)n1. The molecule has 2 aromatic rings. The highest BCUT2D eigenvalue weighted by molar-refractivity contribution is 5.62. The number of nitrogens with one attached hydrogen (secondary N) is 2. The molecule has 10 heteroatoms. The van der Waals surface area contributed by atoms with Gasteiger partial charge in [0.05, 0.1) is 25.9 Å². The lowest BCUT2D eigenvalue weighted by atomic mass is 10.1. The molecule has 30 heavy (non-hydrogen) atoms. The van der Waals surface area contributed by atoms with E-state index >= 15 is 0 Å². The number of hydrogen-bond acceptors (Lipinski definition) is 7. The van der Waals surface area contributed by atoms with Crippen LogP contribution in [-0.2, 0) is 10.9 Å². The van der Waals surface area contributed by atoms with Gasteiger partial charge in [-0.05, 0) is 30.2 Å². The fraction of sp³-hybridized carbons (Fsp3) is 0.500. The fourth-order valence-electron chi connectivity index (χ4n) is 3.04. The van der Waals surface area contributed by atoms with Crippen LogP contribution in [0.3, 0.4) is 0 Å². The molecule has 0 spiro atoms. The van der Waals surface area contributed by atoms with Crippen LogP contribution in [0, 0.1) is 5.92 Å². The van der Waals surface area contributed by atoms with Crippen molar-refractivity contribution in [1.29, 1.82) is 0 Å². The van der Waals surface area contributed by atoms with Crippen molar-refractivity contribution in [2.45, 2.75) is 26.1 Å². The van der Waals surface area contributed by atoms with Gasteiger partial charge < -0.3 is 25.4 Å². The van der Waals surface area contributed by atoms with E-state index in [2.05, 4.69) is 25.5 Å². The lowest BCUT2D eigenvalue weighted by Crippen LogP contribution is -2.36. The van der Waals surface area contributed by atoms with Gasteiger partial charge in [0, 0.05) is 30.5 Å². The number of hydrogen-bond donors (Lipinski definition) is 3. The van der Waals surface area contributed by atoms with Crippen molar-refractivity contribution in [2.75, 3.05) is 48.4 Å². The van der Waals surface area contributed by atoms with E-state index in [0.717, 1.165) is 24.8 Å². The molecule has 0 radical (unpaired) electrons. The minimum atomic E-state index is -4.62. The van der Waals surface area contributed by atoms with Gasteiger partial charge in [-0.25, -0.2) is 4.98 Å².